The second-order valence-corrected chi connectivity index (χ2v) is 10.3. The molecule has 1 aromatic carbocycles. The monoisotopic (exact) mass is 511 g/mol. The van der Waals surface area contributed by atoms with Crippen LogP contribution in [0.25, 0.3) is 11.0 Å². The number of nitrogens with one attached hydrogen (secondary N) is 1. The number of piperidine rings is 1. The Kier molecular flexibility index (Phi) is 7.95. The summed E-state index contributed by atoms with van der Waals surface area (Å²) in [7, 11) is 3.09. The summed E-state index contributed by atoms with van der Waals surface area (Å²) in [5, 5.41) is 4.30. The fourth-order valence-electron chi connectivity index (χ4n) is 5.14. The first-order chi connectivity index (χ1) is 17.2. The first kappa shape index (κ1) is 26.1. The number of halogens is 1. The van der Waals surface area contributed by atoms with Crippen molar-refractivity contribution >= 4 is 28.5 Å². The first-order valence-electron chi connectivity index (χ1n) is 12.4. The number of hydrogen-bond acceptors (Lipinski definition) is 5. The molecular weight excluding hydrogens is 478 g/mol. The van der Waals surface area contributed by atoms with Gasteiger partial charge in [0.15, 0.2) is 0 Å². The number of fused-ring (bicyclic) bond motifs is 1. The van der Waals surface area contributed by atoms with Gasteiger partial charge >= 0.3 is 5.69 Å². The maximum absolute atomic E-state index is 12.8. The van der Waals surface area contributed by atoms with Crippen LogP contribution in [0.2, 0.25) is 5.02 Å². The van der Waals surface area contributed by atoms with Gasteiger partial charge in [-0.25, -0.2) is 9.78 Å². The smallest absolute Gasteiger partial charge is 0.332 e. The molecular formula is C27H34ClN5O3. The van der Waals surface area contributed by atoms with Gasteiger partial charge in [-0.05, 0) is 80.9 Å². The number of carbonyl (C=O) groups excluding carboxylic acids is 1. The van der Waals surface area contributed by atoms with Crippen LogP contribution in [-0.4, -0.2) is 44.6 Å². The standard InChI is InChI=1S/C27H34ClN5O3/c1-17-22(18(2)30-25-24(17)26(35)32(4)27(36)31(25)3)8-9-23(34)29-15-19-10-12-33(13-11-19)16-20-6-5-7-21(28)14-20/h5-7,14,19H,8-13,15-16H2,1-4H3,(H,29,34). The van der Waals surface area contributed by atoms with Crippen LogP contribution in [0.4, 0.5) is 0 Å². The van der Waals surface area contributed by atoms with Gasteiger partial charge in [-0.15, -0.1) is 0 Å². The van der Waals surface area contributed by atoms with E-state index in [4.69, 9.17) is 11.6 Å². The van der Waals surface area contributed by atoms with E-state index in [1.165, 1.54) is 17.2 Å². The van der Waals surface area contributed by atoms with E-state index in [-0.39, 0.29) is 11.5 Å². The minimum atomic E-state index is -0.402. The quantitative estimate of drug-likeness (QED) is 0.527. The Hall–Kier alpha value is -2.97. The molecule has 1 aliphatic heterocycles. The lowest BCUT2D eigenvalue weighted by molar-refractivity contribution is -0.121. The van der Waals surface area contributed by atoms with Gasteiger partial charge in [0.1, 0.15) is 5.65 Å². The van der Waals surface area contributed by atoms with Crippen LogP contribution in [0.15, 0.2) is 33.9 Å². The molecule has 1 N–H and O–H groups in total. The molecule has 8 nitrogen and oxygen atoms in total. The Bertz CT molecular complexity index is 1400. The molecule has 2 aromatic heterocycles. The van der Waals surface area contributed by atoms with Crippen molar-refractivity contribution in [2.75, 3.05) is 19.6 Å². The number of hydrogen-bond donors (Lipinski definition) is 1. The molecule has 0 unspecified atom stereocenters. The summed E-state index contributed by atoms with van der Waals surface area (Å²) in [6, 6.07) is 8.00. The van der Waals surface area contributed by atoms with Crippen molar-refractivity contribution in [3.8, 4) is 0 Å². The summed E-state index contributed by atoms with van der Waals surface area (Å²) in [6.07, 6.45) is 2.93. The van der Waals surface area contributed by atoms with Crippen molar-refractivity contribution in [2.45, 2.75) is 46.1 Å². The Balaban J connectivity index is 1.31. The second-order valence-electron chi connectivity index (χ2n) is 9.86. The average Bonchev–Trinajstić information content (AvgIpc) is 2.85. The van der Waals surface area contributed by atoms with Gasteiger partial charge in [0.05, 0.1) is 5.39 Å². The van der Waals surface area contributed by atoms with Gasteiger partial charge in [0, 0.05) is 44.3 Å². The summed E-state index contributed by atoms with van der Waals surface area (Å²) in [5.74, 6) is 0.475. The zero-order valence-electron chi connectivity index (χ0n) is 21.4. The van der Waals surface area contributed by atoms with Crippen molar-refractivity contribution in [2.24, 2.45) is 20.0 Å². The highest BCUT2D eigenvalue weighted by molar-refractivity contribution is 6.30. The molecule has 192 valence electrons. The average molecular weight is 512 g/mol. The van der Waals surface area contributed by atoms with Crippen molar-refractivity contribution in [3.63, 3.8) is 0 Å². The van der Waals surface area contributed by atoms with E-state index in [0.717, 1.165) is 58.9 Å². The minimum Gasteiger partial charge on any atom is -0.356 e. The van der Waals surface area contributed by atoms with Crippen molar-refractivity contribution in [1.82, 2.24) is 24.3 Å². The molecule has 1 saturated heterocycles. The molecule has 1 fully saturated rings. The lowest BCUT2D eigenvalue weighted by Crippen LogP contribution is -2.38. The molecule has 3 heterocycles. The zero-order valence-corrected chi connectivity index (χ0v) is 22.2. The van der Waals surface area contributed by atoms with Crippen LogP contribution >= 0.6 is 11.6 Å². The highest BCUT2D eigenvalue weighted by Crippen LogP contribution is 2.22. The van der Waals surface area contributed by atoms with E-state index in [1.807, 2.05) is 32.0 Å². The largest absolute Gasteiger partial charge is 0.356 e. The third-order valence-electron chi connectivity index (χ3n) is 7.36. The number of aryl methyl sites for hydroxylation is 3. The van der Waals surface area contributed by atoms with Crippen LogP contribution in [0.3, 0.4) is 0 Å². The molecule has 0 saturated carbocycles. The molecule has 36 heavy (non-hydrogen) atoms. The number of benzene rings is 1. The number of aromatic nitrogens is 3. The van der Waals surface area contributed by atoms with Crippen LogP contribution < -0.4 is 16.6 Å². The molecule has 1 aliphatic rings. The van der Waals surface area contributed by atoms with E-state index in [1.54, 1.807) is 7.05 Å². The van der Waals surface area contributed by atoms with E-state index in [0.29, 0.717) is 36.3 Å². The fourth-order valence-corrected chi connectivity index (χ4v) is 5.35. The lowest BCUT2D eigenvalue weighted by Gasteiger charge is -2.32. The predicted molar refractivity (Wildman–Crippen MR) is 142 cm³/mol. The van der Waals surface area contributed by atoms with E-state index in [2.05, 4.69) is 21.3 Å². The molecule has 0 atom stereocenters. The molecule has 1 amide bonds. The number of rotatable bonds is 7. The minimum absolute atomic E-state index is 0.00335. The molecule has 0 radical (unpaired) electrons. The van der Waals surface area contributed by atoms with Gasteiger partial charge in [-0.1, -0.05) is 23.7 Å². The van der Waals surface area contributed by atoms with Crippen molar-refractivity contribution < 1.29 is 4.79 Å². The highest BCUT2D eigenvalue weighted by atomic mass is 35.5. The van der Waals surface area contributed by atoms with E-state index >= 15 is 0 Å². The summed E-state index contributed by atoms with van der Waals surface area (Å²) < 4.78 is 2.50. The van der Waals surface area contributed by atoms with Crippen molar-refractivity contribution in [3.05, 3.63) is 72.5 Å². The van der Waals surface area contributed by atoms with Crippen LogP contribution in [0.1, 0.15) is 41.6 Å². The predicted octanol–water partition coefficient (Wildman–Crippen LogP) is 2.86. The molecule has 0 aliphatic carbocycles. The van der Waals surface area contributed by atoms with Gasteiger partial charge in [-0.3, -0.25) is 23.6 Å². The summed E-state index contributed by atoms with van der Waals surface area (Å²) in [6.45, 7) is 7.32. The zero-order chi connectivity index (χ0) is 26.0. The Labute approximate surface area is 215 Å². The van der Waals surface area contributed by atoms with Crippen molar-refractivity contribution in [1.29, 1.82) is 0 Å². The van der Waals surface area contributed by atoms with Crippen LogP contribution in [-0.2, 0) is 31.9 Å². The maximum atomic E-state index is 12.8. The molecule has 0 spiro atoms. The van der Waals surface area contributed by atoms with E-state index < -0.39 is 5.69 Å². The van der Waals surface area contributed by atoms with Crippen LogP contribution in [0, 0.1) is 19.8 Å². The number of pyridine rings is 1. The Morgan fingerprint density at radius 3 is 2.56 bits per heavy atom. The topological polar surface area (TPSA) is 89.2 Å². The van der Waals surface area contributed by atoms with Gasteiger partial charge < -0.3 is 5.32 Å². The maximum Gasteiger partial charge on any atom is 0.332 e. The molecule has 0 bridgehead atoms. The van der Waals surface area contributed by atoms with E-state index in [9.17, 15) is 14.4 Å². The Morgan fingerprint density at radius 2 is 1.86 bits per heavy atom. The van der Waals surface area contributed by atoms with Gasteiger partial charge in [0.25, 0.3) is 5.56 Å². The number of carbonyl (C=O) groups is 1. The third-order valence-corrected chi connectivity index (χ3v) is 7.60. The lowest BCUT2D eigenvalue weighted by atomic mass is 9.96. The second kappa shape index (κ2) is 11.0. The normalized spacial score (nSPS) is 14.9. The van der Waals surface area contributed by atoms with Crippen LogP contribution in [0.5, 0.6) is 0 Å². The number of amides is 1. The molecule has 3 aromatic rings. The highest BCUT2D eigenvalue weighted by Gasteiger charge is 2.21. The Morgan fingerprint density at radius 1 is 1.14 bits per heavy atom. The fraction of sp³-hybridized carbons (Fsp3) is 0.481. The molecule has 4 rings (SSSR count). The SMILES string of the molecule is Cc1nc2c(c(C)c1CCC(=O)NCC1CCN(Cc3cccc(Cl)c3)CC1)c(=O)n(C)c(=O)n2C. The van der Waals surface area contributed by atoms with Gasteiger partial charge in [-0.2, -0.15) is 0 Å². The summed E-state index contributed by atoms with van der Waals surface area (Å²) in [4.78, 5) is 44.6. The molecule has 9 heteroatoms. The third kappa shape index (κ3) is 5.55. The summed E-state index contributed by atoms with van der Waals surface area (Å²) in [5.41, 5.74) is 3.27. The summed E-state index contributed by atoms with van der Waals surface area (Å²) >= 11 is 6.10. The first-order valence-corrected chi connectivity index (χ1v) is 12.8. The van der Waals surface area contributed by atoms with Gasteiger partial charge in [0.2, 0.25) is 5.91 Å². The number of likely N-dealkylation sites (tertiary alicyclic amines) is 1. The number of nitrogens with zero attached hydrogens (tertiary/aromatic N) is 4.